The monoisotopic (exact) mass is 293 g/mol. The first kappa shape index (κ1) is 15.0. The minimum Gasteiger partial charge on any atom is -0.393 e. The molecule has 5 nitrogen and oxygen atoms in total. The van der Waals surface area contributed by atoms with Crippen LogP contribution in [-0.4, -0.2) is 38.8 Å². The lowest BCUT2D eigenvalue weighted by atomic mass is 9.78. The molecule has 2 aliphatic rings. The van der Waals surface area contributed by atoms with E-state index in [4.69, 9.17) is 4.52 Å². The zero-order valence-electron chi connectivity index (χ0n) is 13.0. The van der Waals surface area contributed by atoms with Crippen molar-refractivity contribution in [1.82, 2.24) is 15.0 Å². The first-order valence-corrected chi connectivity index (χ1v) is 8.51. The summed E-state index contributed by atoms with van der Waals surface area (Å²) in [6, 6.07) is 0.484. The number of aliphatic hydroxyl groups excluding tert-OH is 1. The van der Waals surface area contributed by atoms with Gasteiger partial charge in [0.25, 0.3) is 0 Å². The molecule has 2 heterocycles. The van der Waals surface area contributed by atoms with Crippen LogP contribution in [0.15, 0.2) is 4.52 Å². The highest BCUT2D eigenvalue weighted by Gasteiger charge is 2.35. The predicted molar refractivity (Wildman–Crippen MR) is 79.7 cm³/mol. The lowest BCUT2D eigenvalue weighted by Crippen LogP contribution is -2.48. The molecule has 1 aliphatic carbocycles. The SMILES string of the molecule is CCc1nc(CN2CCCCC2C2CCCCC2O)no1. The Labute approximate surface area is 126 Å². The second-order valence-electron chi connectivity index (χ2n) is 6.51. The van der Waals surface area contributed by atoms with Crippen LogP contribution in [0.25, 0.3) is 0 Å². The van der Waals surface area contributed by atoms with Crippen LogP contribution in [0.1, 0.15) is 63.6 Å². The van der Waals surface area contributed by atoms with Gasteiger partial charge in [0.1, 0.15) is 0 Å². The van der Waals surface area contributed by atoms with Crippen molar-refractivity contribution in [3.05, 3.63) is 11.7 Å². The molecule has 5 heteroatoms. The zero-order valence-corrected chi connectivity index (χ0v) is 13.0. The molecule has 1 saturated carbocycles. The van der Waals surface area contributed by atoms with Gasteiger partial charge in [0.2, 0.25) is 5.89 Å². The van der Waals surface area contributed by atoms with Crippen LogP contribution in [0, 0.1) is 5.92 Å². The second kappa shape index (κ2) is 6.88. The van der Waals surface area contributed by atoms with Gasteiger partial charge in [0, 0.05) is 18.4 Å². The number of aliphatic hydroxyl groups is 1. The average molecular weight is 293 g/mol. The van der Waals surface area contributed by atoms with Gasteiger partial charge < -0.3 is 9.63 Å². The molecule has 1 aromatic heterocycles. The van der Waals surface area contributed by atoms with E-state index >= 15 is 0 Å². The Morgan fingerprint density at radius 2 is 2.00 bits per heavy atom. The van der Waals surface area contributed by atoms with Gasteiger partial charge in [-0.15, -0.1) is 0 Å². The van der Waals surface area contributed by atoms with Crippen LogP contribution in [0.4, 0.5) is 0 Å². The van der Waals surface area contributed by atoms with Crippen molar-refractivity contribution in [1.29, 1.82) is 0 Å². The lowest BCUT2D eigenvalue weighted by molar-refractivity contribution is -0.00964. The predicted octanol–water partition coefficient (Wildman–Crippen LogP) is 2.54. The van der Waals surface area contributed by atoms with Crippen molar-refractivity contribution in [2.75, 3.05) is 6.54 Å². The van der Waals surface area contributed by atoms with Crippen molar-refractivity contribution < 1.29 is 9.63 Å². The Morgan fingerprint density at radius 3 is 2.76 bits per heavy atom. The Bertz CT molecular complexity index is 448. The Kier molecular flexibility index (Phi) is 4.91. The van der Waals surface area contributed by atoms with Crippen LogP contribution >= 0.6 is 0 Å². The van der Waals surface area contributed by atoms with E-state index in [1.165, 1.54) is 32.1 Å². The molecule has 0 aromatic carbocycles. The number of hydrogen-bond donors (Lipinski definition) is 1. The molecule has 0 spiro atoms. The molecule has 1 aliphatic heterocycles. The number of aromatic nitrogens is 2. The summed E-state index contributed by atoms with van der Waals surface area (Å²) < 4.78 is 5.22. The van der Waals surface area contributed by atoms with E-state index in [0.29, 0.717) is 12.0 Å². The molecule has 0 radical (unpaired) electrons. The van der Waals surface area contributed by atoms with Gasteiger partial charge >= 0.3 is 0 Å². The maximum Gasteiger partial charge on any atom is 0.226 e. The highest BCUT2D eigenvalue weighted by atomic mass is 16.5. The molecule has 118 valence electrons. The molecule has 1 N–H and O–H groups in total. The smallest absolute Gasteiger partial charge is 0.226 e. The summed E-state index contributed by atoms with van der Waals surface area (Å²) >= 11 is 0. The summed E-state index contributed by atoms with van der Waals surface area (Å²) in [5, 5.41) is 14.5. The quantitative estimate of drug-likeness (QED) is 0.924. The molecule has 1 aromatic rings. The molecular formula is C16H27N3O2. The highest BCUT2D eigenvalue weighted by Crippen LogP contribution is 2.34. The zero-order chi connectivity index (χ0) is 14.7. The lowest BCUT2D eigenvalue weighted by Gasteiger charge is -2.43. The van der Waals surface area contributed by atoms with Crippen LogP contribution in [0.5, 0.6) is 0 Å². The van der Waals surface area contributed by atoms with Gasteiger partial charge in [-0.25, -0.2) is 0 Å². The third-order valence-electron chi connectivity index (χ3n) is 5.10. The highest BCUT2D eigenvalue weighted by molar-refractivity contribution is 4.93. The summed E-state index contributed by atoms with van der Waals surface area (Å²) in [4.78, 5) is 6.92. The van der Waals surface area contributed by atoms with E-state index in [9.17, 15) is 5.11 Å². The van der Waals surface area contributed by atoms with Gasteiger partial charge in [-0.2, -0.15) is 4.98 Å². The third-order valence-corrected chi connectivity index (χ3v) is 5.10. The number of likely N-dealkylation sites (tertiary alicyclic amines) is 1. The maximum atomic E-state index is 10.4. The van der Waals surface area contributed by atoms with E-state index in [2.05, 4.69) is 15.0 Å². The molecule has 21 heavy (non-hydrogen) atoms. The Hall–Kier alpha value is -0.940. The number of hydrogen-bond acceptors (Lipinski definition) is 5. The minimum atomic E-state index is -0.124. The normalized spacial score (nSPS) is 31.4. The topological polar surface area (TPSA) is 62.4 Å². The summed E-state index contributed by atoms with van der Waals surface area (Å²) in [5.41, 5.74) is 0. The van der Waals surface area contributed by atoms with Gasteiger partial charge in [0.15, 0.2) is 5.82 Å². The second-order valence-corrected chi connectivity index (χ2v) is 6.51. The standard InChI is InChI=1S/C16H27N3O2/c1-2-16-17-15(18-21-16)11-19-10-6-5-8-13(19)12-7-3-4-9-14(12)20/h12-14,20H,2-11H2,1H3. The third kappa shape index (κ3) is 3.46. The molecule has 1 saturated heterocycles. The fourth-order valence-electron chi connectivity index (χ4n) is 3.97. The van der Waals surface area contributed by atoms with Crippen molar-refractivity contribution in [2.45, 2.75) is 77.0 Å². The molecule has 0 amide bonds. The Morgan fingerprint density at radius 1 is 1.19 bits per heavy atom. The van der Waals surface area contributed by atoms with E-state index < -0.39 is 0 Å². The van der Waals surface area contributed by atoms with E-state index in [0.717, 1.165) is 44.1 Å². The van der Waals surface area contributed by atoms with E-state index in [-0.39, 0.29) is 6.10 Å². The first-order valence-electron chi connectivity index (χ1n) is 8.51. The largest absolute Gasteiger partial charge is 0.393 e. The Balaban J connectivity index is 1.68. The number of nitrogens with zero attached hydrogens (tertiary/aromatic N) is 3. The first-order chi connectivity index (χ1) is 10.3. The molecule has 3 rings (SSSR count). The fourth-order valence-corrected chi connectivity index (χ4v) is 3.97. The van der Waals surface area contributed by atoms with Crippen molar-refractivity contribution in [3.8, 4) is 0 Å². The minimum absolute atomic E-state index is 0.124. The van der Waals surface area contributed by atoms with Gasteiger partial charge in [0.05, 0.1) is 12.6 Å². The number of piperidine rings is 1. The summed E-state index contributed by atoms with van der Waals surface area (Å²) in [7, 11) is 0. The molecule has 2 fully saturated rings. The molecule has 3 unspecified atom stereocenters. The maximum absolute atomic E-state index is 10.4. The van der Waals surface area contributed by atoms with Crippen molar-refractivity contribution in [2.24, 2.45) is 5.92 Å². The van der Waals surface area contributed by atoms with Gasteiger partial charge in [-0.3, -0.25) is 4.90 Å². The summed E-state index contributed by atoms with van der Waals surface area (Å²) in [6.45, 7) is 3.88. The van der Waals surface area contributed by atoms with E-state index in [1.807, 2.05) is 6.92 Å². The van der Waals surface area contributed by atoms with Crippen molar-refractivity contribution in [3.63, 3.8) is 0 Å². The van der Waals surface area contributed by atoms with Gasteiger partial charge in [-0.1, -0.05) is 31.3 Å². The van der Waals surface area contributed by atoms with Crippen LogP contribution in [0.2, 0.25) is 0 Å². The van der Waals surface area contributed by atoms with Crippen molar-refractivity contribution >= 4 is 0 Å². The van der Waals surface area contributed by atoms with Gasteiger partial charge in [-0.05, 0) is 32.2 Å². The summed E-state index contributed by atoms with van der Waals surface area (Å²) in [5.74, 6) is 1.94. The fraction of sp³-hybridized carbons (Fsp3) is 0.875. The van der Waals surface area contributed by atoms with Crippen LogP contribution < -0.4 is 0 Å². The molecule has 0 bridgehead atoms. The number of rotatable bonds is 4. The van der Waals surface area contributed by atoms with Crippen LogP contribution in [-0.2, 0) is 13.0 Å². The van der Waals surface area contributed by atoms with E-state index in [1.54, 1.807) is 0 Å². The van der Waals surface area contributed by atoms with Crippen LogP contribution in [0.3, 0.4) is 0 Å². The number of aryl methyl sites for hydroxylation is 1. The summed E-state index contributed by atoms with van der Waals surface area (Å²) in [6.07, 6.45) is 8.93. The average Bonchev–Trinajstić information content (AvgIpc) is 2.96. The molecule has 3 atom stereocenters. The molecular weight excluding hydrogens is 266 g/mol.